The highest BCUT2D eigenvalue weighted by molar-refractivity contribution is 8.00. The molecule has 0 spiro atoms. The summed E-state index contributed by atoms with van der Waals surface area (Å²) in [6.45, 7) is 1.80. The van der Waals surface area contributed by atoms with Crippen LogP contribution < -0.4 is 5.32 Å². The summed E-state index contributed by atoms with van der Waals surface area (Å²) in [5.74, 6) is 0.112. The van der Waals surface area contributed by atoms with Gasteiger partial charge in [0.05, 0.1) is 15.3 Å². The maximum atomic E-state index is 12.1. The molecule has 1 amide bonds. The lowest BCUT2D eigenvalue weighted by atomic mass is 10.4. The van der Waals surface area contributed by atoms with E-state index in [1.165, 1.54) is 24.0 Å². The van der Waals surface area contributed by atoms with Crippen LogP contribution in [0.15, 0.2) is 41.4 Å². The van der Waals surface area contributed by atoms with E-state index in [-0.39, 0.29) is 11.2 Å². The van der Waals surface area contributed by atoms with Gasteiger partial charge >= 0.3 is 0 Å². The molecule has 1 N–H and O–H groups in total. The highest BCUT2D eigenvalue weighted by atomic mass is 35.5. The van der Waals surface area contributed by atoms with E-state index in [4.69, 9.17) is 34.8 Å². The van der Waals surface area contributed by atoms with Crippen molar-refractivity contribution in [1.29, 1.82) is 0 Å². The Labute approximate surface area is 142 Å². The number of rotatable bonds is 4. The monoisotopic (exact) mass is 360 g/mol. The van der Waals surface area contributed by atoms with Crippen LogP contribution in [0.25, 0.3) is 0 Å². The van der Waals surface area contributed by atoms with Crippen LogP contribution in [0.1, 0.15) is 6.92 Å². The summed E-state index contributed by atoms with van der Waals surface area (Å²) in [4.78, 5) is 17.1. The summed E-state index contributed by atoms with van der Waals surface area (Å²) >= 11 is 19.0. The summed E-state index contributed by atoms with van der Waals surface area (Å²) in [5.41, 5.74) is 0. The fraction of sp³-hybridized carbons (Fsp3) is 0.143. The molecule has 7 heteroatoms. The molecule has 0 saturated heterocycles. The number of hydrogen-bond donors (Lipinski definition) is 1. The van der Waals surface area contributed by atoms with E-state index in [1.807, 2.05) is 12.1 Å². The average Bonchev–Trinajstić information content (AvgIpc) is 2.44. The lowest BCUT2D eigenvalue weighted by Gasteiger charge is -2.12. The standard InChI is InChI=1S/C14H11Cl3N2OS/c1-8(21-11-4-2-9(15)3-5-11)14(20)19-13-12(17)6-10(16)7-18-13/h2-8H,1H3,(H,18,19,20). The molecule has 1 aromatic heterocycles. The van der Waals surface area contributed by atoms with E-state index in [9.17, 15) is 4.79 Å². The topological polar surface area (TPSA) is 42.0 Å². The normalized spacial score (nSPS) is 12.0. The number of anilines is 1. The number of carbonyl (C=O) groups is 1. The molecular formula is C14H11Cl3N2OS. The van der Waals surface area contributed by atoms with Gasteiger partial charge in [-0.2, -0.15) is 0 Å². The first-order valence-electron chi connectivity index (χ1n) is 6.00. The van der Waals surface area contributed by atoms with E-state index in [0.29, 0.717) is 20.9 Å². The van der Waals surface area contributed by atoms with E-state index >= 15 is 0 Å². The van der Waals surface area contributed by atoms with E-state index in [2.05, 4.69) is 10.3 Å². The number of nitrogens with one attached hydrogen (secondary N) is 1. The van der Waals surface area contributed by atoms with Crippen molar-refractivity contribution in [2.45, 2.75) is 17.1 Å². The Hall–Kier alpha value is -0.940. The third-order valence-electron chi connectivity index (χ3n) is 2.55. The third kappa shape index (κ3) is 4.78. The molecular weight excluding hydrogens is 351 g/mol. The van der Waals surface area contributed by atoms with Crippen LogP contribution in [0.2, 0.25) is 15.1 Å². The zero-order valence-corrected chi connectivity index (χ0v) is 14.0. The first-order valence-corrected chi connectivity index (χ1v) is 8.01. The molecule has 0 saturated carbocycles. The van der Waals surface area contributed by atoms with Crippen LogP contribution in [0.5, 0.6) is 0 Å². The Morgan fingerprint density at radius 3 is 2.48 bits per heavy atom. The molecule has 0 radical (unpaired) electrons. The number of benzene rings is 1. The van der Waals surface area contributed by atoms with Gasteiger partial charge in [0.1, 0.15) is 0 Å². The van der Waals surface area contributed by atoms with Crippen LogP contribution in [-0.2, 0) is 4.79 Å². The molecule has 0 fully saturated rings. The summed E-state index contributed by atoms with van der Waals surface area (Å²) in [6, 6.07) is 8.83. The number of halogens is 3. The van der Waals surface area contributed by atoms with Gasteiger partial charge in [-0.15, -0.1) is 11.8 Å². The average molecular weight is 362 g/mol. The minimum absolute atomic E-state index is 0.188. The molecule has 110 valence electrons. The molecule has 2 aromatic rings. The second-order valence-electron chi connectivity index (χ2n) is 4.19. The van der Waals surface area contributed by atoms with Crippen molar-refractivity contribution in [3.8, 4) is 0 Å². The van der Waals surface area contributed by atoms with E-state index < -0.39 is 0 Å². The Morgan fingerprint density at radius 2 is 1.86 bits per heavy atom. The van der Waals surface area contributed by atoms with Gasteiger partial charge in [0.15, 0.2) is 5.82 Å². The predicted molar refractivity (Wildman–Crippen MR) is 89.7 cm³/mol. The van der Waals surface area contributed by atoms with Crippen molar-refractivity contribution in [3.05, 3.63) is 51.6 Å². The fourth-order valence-corrected chi connectivity index (χ4v) is 2.92. The van der Waals surface area contributed by atoms with Gasteiger partial charge in [0, 0.05) is 16.1 Å². The van der Waals surface area contributed by atoms with Crippen molar-refractivity contribution in [3.63, 3.8) is 0 Å². The van der Waals surface area contributed by atoms with Gasteiger partial charge in [-0.05, 0) is 37.3 Å². The van der Waals surface area contributed by atoms with Crippen molar-refractivity contribution in [2.75, 3.05) is 5.32 Å². The van der Waals surface area contributed by atoms with Gasteiger partial charge in [-0.3, -0.25) is 4.79 Å². The van der Waals surface area contributed by atoms with Crippen LogP contribution in [0.4, 0.5) is 5.82 Å². The number of nitrogens with zero attached hydrogens (tertiary/aromatic N) is 1. The molecule has 1 heterocycles. The number of amides is 1. The minimum Gasteiger partial charge on any atom is -0.308 e. The Morgan fingerprint density at radius 1 is 1.19 bits per heavy atom. The van der Waals surface area contributed by atoms with Crippen molar-refractivity contribution < 1.29 is 4.79 Å². The SMILES string of the molecule is CC(Sc1ccc(Cl)cc1)C(=O)Nc1ncc(Cl)cc1Cl. The second kappa shape index (κ2) is 7.36. The van der Waals surface area contributed by atoms with Crippen LogP contribution in [0.3, 0.4) is 0 Å². The minimum atomic E-state index is -0.306. The van der Waals surface area contributed by atoms with Crippen molar-refractivity contribution in [1.82, 2.24) is 4.98 Å². The van der Waals surface area contributed by atoms with Gasteiger partial charge < -0.3 is 5.32 Å². The first kappa shape index (κ1) is 16.4. The molecule has 0 aliphatic rings. The van der Waals surface area contributed by atoms with Gasteiger partial charge in [-0.1, -0.05) is 34.8 Å². The Bertz CT molecular complexity index is 649. The molecule has 0 bridgehead atoms. The Kier molecular flexibility index (Phi) is 5.76. The van der Waals surface area contributed by atoms with Crippen molar-refractivity contribution >= 4 is 58.3 Å². The quantitative estimate of drug-likeness (QED) is 0.765. The molecule has 1 atom stereocenters. The summed E-state index contributed by atoms with van der Waals surface area (Å²) in [6.07, 6.45) is 1.43. The third-order valence-corrected chi connectivity index (χ3v) is 4.40. The highest BCUT2D eigenvalue weighted by Crippen LogP contribution is 2.27. The highest BCUT2D eigenvalue weighted by Gasteiger charge is 2.16. The van der Waals surface area contributed by atoms with Crippen LogP contribution in [-0.4, -0.2) is 16.1 Å². The van der Waals surface area contributed by atoms with E-state index in [0.717, 1.165) is 4.90 Å². The number of pyridine rings is 1. The molecule has 1 aromatic carbocycles. The van der Waals surface area contributed by atoms with Gasteiger partial charge in [0.25, 0.3) is 0 Å². The lowest BCUT2D eigenvalue weighted by Crippen LogP contribution is -2.23. The number of aromatic nitrogens is 1. The molecule has 0 aliphatic heterocycles. The summed E-state index contributed by atoms with van der Waals surface area (Å²) < 4.78 is 0. The number of thioether (sulfide) groups is 1. The first-order chi connectivity index (χ1) is 9.95. The summed E-state index contributed by atoms with van der Waals surface area (Å²) in [5, 5.41) is 3.76. The fourth-order valence-electron chi connectivity index (χ4n) is 1.50. The number of carbonyl (C=O) groups excluding carboxylic acids is 1. The van der Waals surface area contributed by atoms with Crippen LogP contribution in [0, 0.1) is 0 Å². The maximum absolute atomic E-state index is 12.1. The maximum Gasteiger partial charge on any atom is 0.238 e. The molecule has 21 heavy (non-hydrogen) atoms. The lowest BCUT2D eigenvalue weighted by molar-refractivity contribution is -0.115. The molecule has 0 aliphatic carbocycles. The largest absolute Gasteiger partial charge is 0.308 e. The second-order valence-corrected chi connectivity index (χ2v) is 6.88. The molecule has 2 rings (SSSR count). The van der Waals surface area contributed by atoms with Gasteiger partial charge in [0.2, 0.25) is 5.91 Å². The zero-order valence-electron chi connectivity index (χ0n) is 10.9. The number of hydrogen-bond acceptors (Lipinski definition) is 3. The smallest absolute Gasteiger partial charge is 0.238 e. The Balaban J connectivity index is 2.00. The zero-order chi connectivity index (χ0) is 15.4. The predicted octanol–water partition coefficient (Wildman–Crippen LogP) is 5.16. The molecule has 3 nitrogen and oxygen atoms in total. The summed E-state index contributed by atoms with van der Waals surface area (Å²) in [7, 11) is 0. The van der Waals surface area contributed by atoms with Gasteiger partial charge in [-0.25, -0.2) is 4.98 Å². The molecule has 1 unspecified atom stereocenters. The van der Waals surface area contributed by atoms with Crippen LogP contribution >= 0.6 is 46.6 Å². The van der Waals surface area contributed by atoms with Crippen molar-refractivity contribution in [2.24, 2.45) is 0 Å². The van der Waals surface area contributed by atoms with E-state index in [1.54, 1.807) is 19.1 Å².